The van der Waals surface area contributed by atoms with Gasteiger partial charge in [0.05, 0.1) is 41.6 Å². The molecule has 2 aliphatic heterocycles. The predicted octanol–water partition coefficient (Wildman–Crippen LogP) is 1.61. The molecule has 2 aliphatic rings. The van der Waals surface area contributed by atoms with Crippen molar-refractivity contribution in [1.29, 1.82) is 0 Å². The molecule has 2 heterocycles. The van der Waals surface area contributed by atoms with Crippen LogP contribution in [0.1, 0.15) is 18.4 Å². The summed E-state index contributed by atoms with van der Waals surface area (Å²) in [5.41, 5.74) is 5.98. The zero-order valence-electron chi connectivity index (χ0n) is 14.8. The van der Waals surface area contributed by atoms with Gasteiger partial charge in [-0.25, -0.2) is 14.0 Å². The van der Waals surface area contributed by atoms with Gasteiger partial charge in [-0.2, -0.15) is 0 Å². The van der Waals surface area contributed by atoms with Crippen molar-refractivity contribution >= 4 is 29.6 Å². The first-order valence-electron chi connectivity index (χ1n) is 7.98. The minimum absolute atomic E-state index is 0.0279. The molecule has 0 saturated carbocycles. The van der Waals surface area contributed by atoms with Crippen molar-refractivity contribution in [1.82, 2.24) is 4.90 Å². The van der Waals surface area contributed by atoms with E-state index < -0.39 is 28.9 Å². The minimum Gasteiger partial charge on any atom is -0.466 e. The standard InChI is InChI=1S/C18H17FN2O5S/c1-8-15(22)21-14(20)12(17(23)25-2)11(9-6-4-5-7-10(9)19)13(16(21)27-8)18(24)26-3/h4-8,11H,20H2,1-3H3/t8-,11-/m0/s1. The van der Waals surface area contributed by atoms with Gasteiger partial charge in [0.25, 0.3) is 0 Å². The van der Waals surface area contributed by atoms with Crippen LogP contribution in [-0.2, 0) is 23.9 Å². The lowest BCUT2D eigenvalue weighted by molar-refractivity contribution is -0.137. The van der Waals surface area contributed by atoms with Crippen molar-refractivity contribution in [3.63, 3.8) is 0 Å². The van der Waals surface area contributed by atoms with E-state index in [0.29, 0.717) is 0 Å². The van der Waals surface area contributed by atoms with Gasteiger partial charge in [0.1, 0.15) is 11.6 Å². The Balaban J connectivity index is 2.36. The monoisotopic (exact) mass is 392 g/mol. The van der Waals surface area contributed by atoms with E-state index in [1.165, 1.54) is 25.3 Å². The van der Waals surface area contributed by atoms with E-state index in [0.717, 1.165) is 23.8 Å². The molecule has 0 unspecified atom stereocenters. The molecule has 27 heavy (non-hydrogen) atoms. The van der Waals surface area contributed by atoms with Gasteiger partial charge in [-0.05, 0) is 13.0 Å². The summed E-state index contributed by atoms with van der Waals surface area (Å²) in [4.78, 5) is 38.8. The van der Waals surface area contributed by atoms with E-state index in [1.807, 2.05) is 0 Å². The van der Waals surface area contributed by atoms with E-state index in [9.17, 15) is 18.8 Å². The number of fused-ring (bicyclic) bond motifs is 1. The number of hydrogen-bond acceptors (Lipinski definition) is 7. The summed E-state index contributed by atoms with van der Waals surface area (Å²) in [7, 11) is 2.31. The highest BCUT2D eigenvalue weighted by atomic mass is 32.2. The van der Waals surface area contributed by atoms with Crippen molar-refractivity contribution in [2.24, 2.45) is 5.73 Å². The fraction of sp³-hybridized carbons (Fsp3) is 0.278. The molecule has 0 spiro atoms. The Morgan fingerprint density at radius 3 is 2.33 bits per heavy atom. The van der Waals surface area contributed by atoms with Crippen LogP contribution in [-0.4, -0.2) is 42.2 Å². The van der Waals surface area contributed by atoms with Crippen LogP contribution in [0.3, 0.4) is 0 Å². The van der Waals surface area contributed by atoms with E-state index in [1.54, 1.807) is 13.0 Å². The second kappa shape index (κ2) is 7.07. The van der Waals surface area contributed by atoms with E-state index in [4.69, 9.17) is 15.2 Å². The number of nitrogens with two attached hydrogens (primary N) is 1. The van der Waals surface area contributed by atoms with Gasteiger partial charge in [-0.3, -0.25) is 9.69 Å². The Hall–Kier alpha value is -2.81. The maximum Gasteiger partial charge on any atom is 0.338 e. The first-order chi connectivity index (χ1) is 12.8. The van der Waals surface area contributed by atoms with Crippen LogP contribution >= 0.6 is 11.8 Å². The van der Waals surface area contributed by atoms with Gasteiger partial charge in [0.15, 0.2) is 0 Å². The summed E-state index contributed by atoms with van der Waals surface area (Å²) in [6.07, 6.45) is 0. The molecule has 0 radical (unpaired) electrons. The number of esters is 2. The number of hydrogen-bond donors (Lipinski definition) is 1. The second-order valence-corrected chi connectivity index (χ2v) is 7.22. The number of nitrogens with zero attached hydrogens (tertiary/aromatic N) is 1. The molecule has 0 aliphatic carbocycles. The largest absolute Gasteiger partial charge is 0.466 e. The number of carbonyl (C=O) groups is 3. The van der Waals surface area contributed by atoms with Crippen molar-refractivity contribution in [2.75, 3.05) is 14.2 Å². The third-order valence-corrected chi connectivity index (χ3v) is 5.59. The number of thioether (sulfide) groups is 1. The molecule has 1 aromatic carbocycles. The van der Waals surface area contributed by atoms with Crippen molar-refractivity contribution in [3.05, 3.63) is 57.6 Å². The molecule has 1 fully saturated rings. The summed E-state index contributed by atoms with van der Waals surface area (Å²) in [6, 6.07) is 5.72. The Labute approximate surface area is 159 Å². The van der Waals surface area contributed by atoms with Crippen LogP contribution in [0.15, 0.2) is 46.3 Å². The molecule has 1 aromatic rings. The van der Waals surface area contributed by atoms with Crippen LogP contribution in [0.25, 0.3) is 0 Å². The molecule has 0 bridgehead atoms. The zero-order valence-corrected chi connectivity index (χ0v) is 15.6. The average molecular weight is 392 g/mol. The van der Waals surface area contributed by atoms with Crippen molar-refractivity contribution < 1.29 is 28.2 Å². The summed E-state index contributed by atoms with van der Waals surface area (Å²) in [6.45, 7) is 1.65. The van der Waals surface area contributed by atoms with Gasteiger partial charge in [-0.1, -0.05) is 30.0 Å². The molecule has 2 N–H and O–H groups in total. The summed E-state index contributed by atoms with van der Waals surface area (Å²) < 4.78 is 24.3. The molecule has 0 aromatic heterocycles. The molecule has 1 amide bonds. The molecule has 7 nitrogen and oxygen atoms in total. The number of rotatable bonds is 3. The lowest BCUT2D eigenvalue weighted by Gasteiger charge is -2.32. The highest BCUT2D eigenvalue weighted by molar-refractivity contribution is 8.04. The first kappa shape index (κ1) is 19.0. The lowest BCUT2D eigenvalue weighted by Crippen LogP contribution is -2.40. The Morgan fingerprint density at radius 2 is 1.74 bits per heavy atom. The Morgan fingerprint density at radius 1 is 1.15 bits per heavy atom. The molecule has 9 heteroatoms. The SMILES string of the molecule is COC(=O)C1=C(N)N2C(=O)[C@H](C)SC2=C(C(=O)OC)[C@H]1c1ccccc1F. The predicted molar refractivity (Wildman–Crippen MR) is 95.3 cm³/mol. The van der Waals surface area contributed by atoms with Gasteiger partial charge in [-0.15, -0.1) is 0 Å². The van der Waals surface area contributed by atoms with Crippen LogP contribution < -0.4 is 5.73 Å². The second-order valence-electron chi connectivity index (χ2n) is 5.89. The third kappa shape index (κ3) is 2.87. The van der Waals surface area contributed by atoms with Gasteiger partial charge in [0.2, 0.25) is 5.91 Å². The quantitative estimate of drug-likeness (QED) is 0.781. The van der Waals surface area contributed by atoms with E-state index >= 15 is 0 Å². The Bertz CT molecular complexity index is 911. The van der Waals surface area contributed by atoms with Crippen LogP contribution in [0.2, 0.25) is 0 Å². The van der Waals surface area contributed by atoms with E-state index in [2.05, 4.69) is 0 Å². The highest BCUT2D eigenvalue weighted by Gasteiger charge is 2.49. The first-order valence-corrected chi connectivity index (χ1v) is 8.86. The van der Waals surface area contributed by atoms with Crippen LogP contribution in [0.5, 0.6) is 0 Å². The molecular weight excluding hydrogens is 375 g/mol. The number of methoxy groups -OCH3 is 2. The summed E-state index contributed by atoms with van der Waals surface area (Å²) >= 11 is 1.11. The van der Waals surface area contributed by atoms with E-state index in [-0.39, 0.29) is 33.5 Å². The molecule has 3 rings (SSSR count). The topological polar surface area (TPSA) is 98.9 Å². The number of benzene rings is 1. The molecule has 2 atom stereocenters. The van der Waals surface area contributed by atoms with Crippen LogP contribution in [0, 0.1) is 5.82 Å². The summed E-state index contributed by atoms with van der Waals surface area (Å²) in [5, 5.41) is -0.297. The van der Waals surface area contributed by atoms with Crippen LogP contribution in [0.4, 0.5) is 4.39 Å². The average Bonchev–Trinajstić information content (AvgIpc) is 2.95. The molecule has 1 saturated heterocycles. The fourth-order valence-corrected chi connectivity index (χ4v) is 4.33. The van der Waals surface area contributed by atoms with Crippen molar-refractivity contribution in [3.8, 4) is 0 Å². The molecular formula is C18H17FN2O5S. The smallest absolute Gasteiger partial charge is 0.338 e. The van der Waals surface area contributed by atoms with Gasteiger partial charge >= 0.3 is 11.9 Å². The lowest BCUT2D eigenvalue weighted by atomic mass is 9.82. The third-order valence-electron chi connectivity index (χ3n) is 4.41. The van der Waals surface area contributed by atoms with Gasteiger partial charge < -0.3 is 15.2 Å². The number of ether oxygens (including phenoxy) is 2. The number of amides is 1. The Kier molecular flexibility index (Phi) is 4.97. The maximum atomic E-state index is 14.6. The maximum absolute atomic E-state index is 14.6. The fourth-order valence-electron chi connectivity index (χ4n) is 3.17. The zero-order chi connectivity index (χ0) is 19.9. The van der Waals surface area contributed by atoms with Gasteiger partial charge in [0, 0.05) is 5.56 Å². The number of carbonyl (C=O) groups excluding carboxylic acids is 3. The minimum atomic E-state index is -1.16. The normalized spacial score (nSPS) is 22.1. The highest BCUT2D eigenvalue weighted by Crippen LogP contribution is 2.50. The van der Waals surface area contributed by atoms with Crippen molar-refractivity contribution in [2.45, 2.75) is 18.1 Å². The number of halogens is 1. The summed E-state index contributed by atoms with van der Waals surface area (Å²) in [5.74, 6) is -4.01. The molecule has 142 valence electrons.